The minimum absolute atomic E-state index is 0.101. The maximum absolute atomic E-state index is 13.0. The number of carbonyl (C=O) groups excluding carboxylic acids is 2. The van der Waals surface area contributed by atoms with E-state index in [2.05, 4.69) is 26.6 Å². The molecule has 0 radical (unpaired) electrons. The minimum atomic E-state index is -0.659. The van der Waals surface area contributed by atoms with Crippen molar-refractivity contribution in [3.63, 3.8) is 0 Å². The molecule has 162 valence electrons. The number of anilines is 1. The lowest BCUT2D eigenvalue weighted by Gasteiger charge is -2.13. The molecule has 0 heterocycles. The van der Waals surface area contributed by atoms with Gasteiger partial charge in [-0.15, -0.1) is 0 Å². The molecule has 0 aliphatic heterocycles. The molecule has 3 rings (SSSR count). The minimum Gasteiger partial charge on any atom is -0.319 e. The number of halogens is 3. The van der Waals surface area contributed by atoms with E-state index in [4.69, 9.17) is 23.2 Å². The SMILES string of the molecule is O=C(Nc1cc(Cl)ccc1Cl)C(=Cc1ccc([N+](=O)[O-])cc1)NC(=O)c1ccccc1Br. The van der Waals surface area contributed by atoms with E-state index in [0.717, 1.165) is 0 Å². The molecule has 0 fully saturated rings. The van der Waals surface area contributed by atoms with Crippen LogP contribution in [0.1, 0.15) is 15.9 Å². The number of nitro benzene ring substituents is 1. The van der Waals surface area contributed by atoms with Crippen molar-refractivity contribution in [3.8, 4) is 0 Å². The molecule has 10 heteroatoms. The Labute approximate surface area is 201 Å². The summed E-state index contributed by atoms with van der Waals surface area (Å²) in [6.45, 7) is 0. The maximum Gasteiger partial charge on any atom is 0.272 e. The van der Waals surface area contributed by atoms with Crippen LogP contribution in [0.5, 0.6) is 0 Å². The number of benzene rings is 3. The molecule has 0 aliphatic rings. The van der Waals surface area contributed by atoms with Gasteiger partial charge in [0.25, 0.3) is 17.5 Å². The number of nitrogens with zero attached hydrogens (tertiary/aromatic N) is 1. The van der Waals surface area contributed by atoms with Crippen molar-refractivity contribution in [2.75, 3.05) is 5.32 Å². The number of nitrogens with one attached hydrogen (secondary N) is 2. The van der Waals surface area contributed by atoms with E-state index in [1.807, 2.05) is 0 Å². The number of nitro groups is 1. The van der Waals surface area contributed by atoms with Crippen LogP contribution in [0.3, 0.4) is 0 Å². The summed E-state index contributed by atoms with van der Waals surface area (Å²) in [7, 11) is 0. The Hall–Kier alpha value is -3.20. The molecule has 7 nitrogen and oxygen atoms in total. The van der Waals surface area contributed by atoms with Crippen molar-refractivity contribution >= 4 is 68.4 Å². The molecule has 2 N–H and O–H groups in total. The summed E-state index contributed by atoms with van der Waals surface area (Å²) >= 11 is 15.4. The Morgan fingerprint density at radius 3 is 2.34 bits per heavy atom. The standard InChI is InChI=1S/C22H14BrCl2N3O4/c23-17-4-2-1-3-16(17)21(29)27-20(11-13-5-8-15(9-6-13)28(31)32)22(30)26-19-12-14(24)7-10-18(19)25/h1-12H,(H,26,30)(H,27,29). The number of carbonyl (C=O) groups is 2. The van der Waals surface area contributed by atoms with E-state index in [1.165, 1.54) is 42.5 Å². The van der Waals surface area contributed by atoms with Crippen LogP contribution in [0.15, 0.2) is 76.9 Å². The van der Waals surface area contributed by atoms with Gasteiger partial charge in [-0.2, -0.15) is 0 Å². The summed E-state index contributed by atoms with van der Waals surface area (Å²) in [5.74, 6) is -1.19. The lowest BCUT2D eigenvalue weighted by atomic mass is 10.1. The summed E-state index contributed by atoms with van der Waals surface area (Å²) in [5.41, 5.74) is 0.835. The normalized spacial score (nSPS) is 11.0. The van der Waals surface area contributed by atoms with Crippen LogP contribution < -0.4 is 10.6 Å². The van der Waals surface area contributed by atoms with E-state index >= 15 is 0 Å². The zero-order valence-electron chi connectivity index (χ0n) is 16.1. The molecule has 0 saturated carbocycles. The first-order chi connectivity index (χ1) is 15.2. The van der Waals surface area contributed by atoms with Crippen molar-refractivity contribution in [2.24, 2.45) is 0 Å². The van der Waals surface area contributed by atoms with Gasteiger partial charge in [0.05, 0.1) is 21.2 Å². The van der Waals surface area contributed by atoms with Gasteiger partial charge in [0.1, 0.15) is 5.70 Å². The fourth-order valence-electron chi connectivity index (χ4n) is 2.64. The third-order valence-electron chi connectivity index (χ3n) is 4.20. The van der Waals surface area contributed by atoms with Gasteiger partial charge in [0.15, 0.2) is 0 Å². The smallest absolute Gasteiger partial charge is 0.272 e. The zero-order valence-corrected chi connectivity index (χ0v) is 19.2. The number of hydrogen-bond donors (Lipinski definition) is 2. The van der Waals surface area contributed by atoms with Crippen molar-refractivity contribution < 1.29 is 14.5 Å². The highest BCUT2D eigenvalue weighted by molar-refractivity contribution is 9.10. The second-order valence-corrected chi connectivity index (χ2v) is 8.12. The third-order valence-corrected chi connectivity index (χ3v) is 5.46. The highest BCUT2D eigenvalue weighted by Gasteiger charge is 2.18. The van der Waals surface area contributed by atoms with E-state index in [0.29, 0.717) is 20.6 Å². The van der Waals surface area contributed by atoms with Gasteiger partial charge in [-0.05, 0) is 70.0 Å². The molecule has 0 atom stereocenters. The molecule has 32 heavy (non-hydrogen) atoms. The van der Waals surface area contributed by atoms with Gasteiger partial charge in [-0.1, -0.05) is 35.3 Å². The van der Waals surface area contributed by atoms with Crippen LogP contribution in [0.2, 0.25) is 10.0 Å². The van der Waals surface area contributed by atoms with Crippen molar-refractivity contribution in [3.05, 3.63) is 108 Å². The predicted octanol–water partition coefficient (Wildman–Crippen LogP) is 6.07. The molecule has 2 amide bonds. The lowest BCUT2D eigenvalue weighted by molar-refractivity contribution is -0.384. The van der Waals surface area contributed by atoms with Crippen molar-refractivity contribution in [1.29, 1.82) is 0 Å². The molecule has 0 spiro atoms. The summed E-state index contributed by atoms with van der Waals surface area (Å²) in [4.78, 5) is 36.1. The van der Waals surface area contributed by atoms with E-state index in [9.17, 15) is 19.7 Å². The van der Waals surface area contributed by atoms with Gasteiger partial charge in [-0.25, -0.2) is 0 Å². The van der Waals surface area contributed by atoms with Gasteiger partial charge >= 0.3 is 0 Å². The van der Waals surface area contributed by atoms with E-state index < -0.39 is 16.7 Å². The average molecular weight is 535 g/mol. The van der Waals surface area contributed by atoms with Crippen LogP contribution in [-0.2, 0) is 4.79 Å². The molecular formula is C22H14BrCl2N3O4. The van der Waals surface area contributed by atoms with Crippen LogP contribution in [0.4, 0.5) is 11.4 Å². The second-order valence-electron chi connectivity index (χ2n) is 6.42. The maximum atomic E-state index is 13.0. The van der Waals surface area contributed by atoms with Crippen LogP contribution in [-0.4, -0.2) is 16.7 Å². The number of rotatable bonds is 6. The molecule has 0 unspecified atom stereocenters. The van der Waals surface area contributed by atoms with Gasteiger partial charge in [0.2, 0.25) is 0 Å². The molecule has 3 aromatic rings. The molecule has 0 bridgehead atoms. The Morgan fingerprint density at radius 1 is 1.00 bits per heavy atom. The average Bonchev–Trinajstić information content (AvgIpc) is 2.76. The van der Waals surface area contributed by atoms with E-state index in [-0.39, 0.29) is 22.1 Å². The fourth-order valence-corrected chi connectivity index (χ4v) is 3.44. The van der Waals surface area contributed by atoms with Crippen LogP contribution in [0, 0.1) is 10.1 Å². The molecule has 0 aliphatic carbocycles. The summed E-state index contributed by atoms with van der Waals surface area (Å²) in [5, 5.41) is 16.7. The number of amides is 2. The topological polar surface area (TPSA) is 101 Å². The first-order valence-corrected chi connectivity index (χ1v) is 10.6. The second kappa shape index (κ2) is 10.4. The zero-order chi connectivity index (χ0) is 23.3. The van der Waals surface area contributed by atoms with Gasteiger partial charge < -0.3 is 10.6 Å². The highest BCUT2D eigenvalue weighted by Crippen LogP contribution is 2.26. The highest BCUT2D eigenvalue weighted by atomic mass is 79.9. The Balaban J connectivity index is 1.95. The van der Waals surface area contributed by atoms with E-state index in [1.54, 1.807) is 30.3 Å². The Kier molecular flexibility index (Phi) is 7.63. The predicted molar refractivity (Wildman–Crippen MR) is 128 cm³/mol. The Bertz CT molecular complexity index is 1230. The monoisotopic (exact) mass is 533 g/mol. The van der Waals surface area contributed by atoms with Gasteiger partial charge in [0, 0.05) is 21.6 Å². The molecule has 3 aromatic carbocycles. The first-order valence-electron chi connectivity index (χ1n) is 9.03. The fraction of sp³-hybridized carbons (Fsp3) is 0. The molecule has 0 saturated heterocycles. The third kappa shape index (κ3) is 5.94. The Morgan fingerprint density at radius 2 is 1.69 bits per heavy atom. The van der Waals surface area contributed by atoms with Crippen LogP contribution >= 0.6 is 39.1 Å². The lowest BCUT2D eigenvalue weighted by Crippen LogP contribution is -2.31. The van der Waals surface area contributed by atoms with Crippen LogP contribution in [0.25, 0.3) is 6.08 Å². The number of hydrogen-bond acceptors (Lipinski definition) is 4. The largest absolute Gasteiger partial charge is 0.319 e. The molecule has 0 aromatic heterocycles. The number of non-ortho nitro benzene ring substituents is 1. The quantitative estimate of drug-likeness (QED) is 0.227. The summed E-state index contributed by atoms with van der Waals surface area (Å²) in [6.07, 6.45) is 1.40. The van der Waals surface area contributed by atoms with Gasteiger partial charge in [-0.3, -0.25) is 19.7 Å². The first kappa shape index (κ1) is 23.5. The van der Waals surface area contributed by atoms with Crippen molar-refractivity contribution in [2.45, 2.75) is 0 Å². The summed E-state index contributed by atoms with van der Waals surface area (Å²) < 4.78 is 0.547. The summed E-state index contributed by atoms with van der Waals surface area (Å²) in [6, 6.07) is 16.8. The molecular weight excluding hydrogens is 521 g/mol. The van der Waals surface area contributed by atoms with Crippen molar-refractivity contribution in [1.82, 2.24) is 5.32 Å².